The van der Waals surface area contributed by atoms with E-state index in [1.165, 1.54) is 30.8 Å². The van der Waals surface area contributed by atoms with Gasteiger partial charge in [-0.05, 0) is 38.0 Å². The molecule has 11 nitrogen and oxygen atoms in total. The Labute approximate surface area is 202 Å². The van der Waals surface area contributed by atoms with Crippen LogP contribution in [-0.4, -0.2) is 42.4 Å². The van der Waals surface area contributed by atoms with Crippen LogP contribution in [0.2, 0.25) is 5.15 Å². The lowest BCUT2D eigenvalue weighted by molar-refractivity contribution is -0.119. The second kappa shape index (κ2) is 9.49. The maximum atomic E-state index is 13.9. The number of nitrogens with one attached hydrogen (secondary N) is 2. The average molecular weight is 505 g/mol. The fourth-order valence-corrected chi connectivity index (χ4v) is 3.45. The van der Waals surface area contributed by atoms with E-state index in [-0.39, 0.29) is 33.6 Å². The Hall–Kier alpha value is -3.73. The minimum absolute atomic E-state index is 0.0410. The first kappa shape index (κ1) is 24.4. The van der Waals surface area contributed by atoms with Gasteiger partial charge in [0.05, 0.1) is 29.8 Å². The molecular weight excluding hydrogens is 486 g/mol. The van der Waals surface area contributed by atoms with Gasteiger partial charge in [0.25, 0.3) is 0 Å². The quantitative estimate of drug-likeness (QED) is 0.310. The van der Waals surface area contributed by atoms with Gasteiger partial charge in [0.2, 0.25) is 18.3 Å². The number of anilines is 2. The third-order valence-electron chi connectivity index (χ3n) is 5.43. The minimum atomic E-state index is -1.67. The van der Waals surface area contributed by atoms with Crippen molar-refractivity contribution >= 4 is 29.0 Å². The molecule has 3 N–H and O–H groups in total. The summed E-state index contributed by atoms with van der Waals surface area (Å²) in [7, 11) is 1.54. The van der Waals surface area contributed by atoms with E-state index in [1.807, 2.05) is 6.07 Å². The van der Waals surface area contributed by atoms with Gasteiger partial charge in [-0.15, -0.1) is 5.10 Å². The average Bonchev–Trinajstić information content (AvgIpc) is 3.55. The molecule has 3 aromatic rings. The summed E-state index contributed by atoms with van der Waals surface area (Å²) >= 11 is 6.24. The van der Waals surface area contributed by atoms with Gasteiger partial charge in [-0.2, -0.15) is 9.65 Å². The van der Waals surface area contributed by atoms with E-state index in [9.17, 15) is 18.7 Å². The van der Waals surface area contributed by atoms with E-state index in [2.05, 4.69) is 30.9 Å². The van der Waals surface area contributed by atoms with E-state index in [0.29, 0.717) is 12.8 Å². The van der Waals surface area contributed by atoms with Gasteiger partial charge in [0.1, 0.15) is 11.2 Å². The molecule has 0 spiro atoms. The Balaban J connectivity index is 1.49. The number of aliphatic hydroxyl groups is 1. The smallest absolute Gasteiger partial charge is 0.244 e. The Morgan fingerprint density at radius 3 is 2.80 bits per heavy atom. The van der Waals surface area contributed by atoms with Crippen LogP contribution >= 0.6 is 11.6 Å². The number of hydrogen-bond acceptors (Lipinski definition) is 9. The zero-order valence-electron chi connectivity index (χ0n) is 18.5. The van der Waals surface area contributed by atoms with Gasteiger partial charge in [-0.3, -0.25) is 4.79 Å². The van der Waals surface area contributed by atoms with Crippen LogP contribution in [0.3, 0.4) is 0 Å². The third-order valence-corrected chi connectivity index (χ3v) is 5.72. The number of amides is 1. The molecule has 182 valence electrons. The topological polar surface area (TPSA) is 151 Å². The highest BCUT2D eigenvalue weighted by Gasteiger charge is 2.50. The monoisotopic (exact) mass is 504 g/mol. The summed E-state index contributed by atoms with van der Waals surface area (Å²) in [5.41, 5.74) is -0.530. The lowest BCUT2D eigenvalue weighted by Gasteiger charge is -2.20. The van der Waals surface area contributed by atoms with Crippen LogP contribution in [0.1, 0.15) is 31.4 Å². The highest BCUT2D eigenvalue weighted by atomic mass is 35.5. The number of carbonyl (C=O) groups is 1. The van der Waals surface area contributed by atoms with Crippen LogP contribution in [0.4, 0.5) is 20.3 Å². The van der Waals surface area contributed by atoms with Crippen molar-refractivity contribution in [2.75, 3.05) is 10.6 Å². The molecule has 3 heterocycles. The van der Waals surface area contributed by atoms with Crippen molar-refractivity contribution < 1.29 is 23.4 Å². The summed E-state index contributed by atoms with van der Waals surface area (Å²) in [5.74, 6) is -1.94. The van der Waals surface area contributed by atoms with Crippen molar-refractivity contribution in [2.24, 2.45) is 12.5 Å². The largest absolute Gasteiger partial charge is 0.351 e. The Kier molecular flexibility index (Phi) is 6.62. The standard InChI is InChI=1S/C21H19ClF2N8O3/c1-10(12-7-11(23)8-26-17(12)24)35-20(34)29-18-15(30-31-32(18)2)13-3-4-14(16(22)27-13)28-19(33)21(9-25)5-6-21/h3-4,7-8,10,20,29,34H,5-6H2,1-2H3,(H,28,33)/t10-,20?/m1/s1. The van der Waals surface area contributed by atoms with Gasteiger partial charge in [0, 0.05) is 12.6 Å². The van der Waals surface area contributed by atoms with Crippen LogP contribution in [0.15, 0.2) is 24.4 Å². The van der Waals surface area contributed by atoms with Crippen molar-refractivity contribution in [1.29, 1.82) is 5.26 Å². The number of aryl methyl sites for hydroxylation is 1. The summed E-state index contributed by atoms with van der Waals surface area (Å²) in [4.78, 5) is 19.8. The summed E-state index contributed by atoms with van der Waals surface area (Å²) < 4.78 is 33.9. The molecule has 0 aliphatic heterocycles. The van der Waals surface area contributed by atoms with Crippen molar-refractivity contribution in [3.63, 3.8) is 0 Å². The molecule has 1 amide bonds. The first-order valence-electron chi connectivity index (χ1n) is 10.3. The molecule has 1 aliphatic carbocycles. The molecule has 1 saturated carbocycles. The number of halogens is 3. The molecule has 14 heteroatoms. The van der Waals surface area contributed by atoms with Crippen LogP contribution in [0.25, 0.3) is 11.4 Å². The highest BCUT2D eigenvalue weighted by molar-refractivity contribution is 6.32. The SMILES string of the molecule is C[C@@H](OC(O)Nc1c(-c2ccc(NC(=O)C3(C#N)CC3)c(Cl)n2)nnn1C)c1cc(F)cnc1F. The number of pyridine rings is 2. The summed E-state index contributed by atoms with van der Waals surface area (Å²) in [6.45, 7) is 1.42. The number of carbonyl (C=O) groups excluding carboxylic acids is 1. The van der Waals surface area contributed by atoms with Gasteiger partial charge in [0.15, 0.2) is 16.7 Å². The van der Waals surface area contributed by atoms with Crippen LogP contribution in [0, 0.1) is 28.5 Å². The number of nitrogens with zero attached hydrogens (tertiary/aromatic N) is 6. The number of rotatable bonds is 8. The Morgan fingerprint density at radius 2 is 2.14 bits per heavy atom. The molecule has 1 aliphatic rings. The van der Waals surface area contributed by atoms with Gasteiger partial charge in [-0.1, -0.05) is 16.8 Å². The summed E-state index contributed by atoms with van der Waals surface area (Å²) in [6, 6.07) is 5.95. The third kappa shape index (κ3) is 5.04. The predicted octanol–water partition coefficient (Wildman–Crippen LogP) is 2.91. The molecule has 1 unspecified atom stereocenters. The second-order valence-corrected chi connectivity index (χ2v) is 8.26. The summed E-state index contributed by atoms with van der Waals surface area (Å²) in [6.07, 6.45) is -1.02. The first-order valence-corrected chi connectivity index (χ1v) is 10.7. The van der Waals surface area contributed by atoms with Crippen molar-refractivity contribution in [3.05, 3.63) is 46.9 Å². The molecule has 4 rings (SSSR count). The molecule has 0 saturated heterocycles. The molecule has 35 heavy (non-hydrogen) atoms. The molecule has 2 atom stereocenters. The van der Waals surface area contributed by atoms with Gasteiger partial charge >= 0.3 is 0 Å². The maximum Gasteiger partial charge on any atom is 0.244 e. The van der Waals surface area contributed by atoms with E-state index in [1.54, 1.807) is 0 Å². The van der Waals surface area contributed by atoms with Gasteiger partial charge in [-0.25, -0.2) is 19.0 Å². The fourth-order valence-electron chi connectivity index (χ4n) is 3.25. The fraction of sp³-hybridized carbons (Fsp3) is 0.333. The molecule has 0 bridgehead atoms. The second-order valence-electron chi connectivity index (χ2n) is 7.90. The Morgan fingerprint density at radius 1 is 1.40 bits per heavy atom. The molecule has 0 radical (unpaired) electrons. The molecule has 0 aromatic carbocycles. The summed E-state index contributed by atoms with van der Waals surface area (Å²) in [5, 5.41) is 32.6. The van der Waals surface area contributed by atoms with Crippen molar-refractivity contribution in [2.45, 2.75) is 32.3 Å². The number of nitriles is 1. The van der Waals surface area contributed by atoms with E-state index in [4.69, 9.17) is 21.6 Å². The number of aliphatic hydroxyl groups excluding tert-OH is 1. The Bertz CT molecular complexity index is 1320. The molecule has 3 aromatic heterocycles. The van der Waals surface area contributed by atoms with Crippen molar-refractivity contribution in [1.82, 2.24) is 25.0 Å². The zero-order chi connectivity index (χ0) is 25.3. The van der Waals surface area contributed by atoms with E-state index < -0.39 is 35.6 Å². The molecular formula is C21H19ClF2N8O3. The highest BCUT2D eigenvalue weighted by Crippen LogP contribution is 2.46. The molecule has 1 fully saturated rings. The first-order chi connectivity index (χ1) is 16.6. The van der Waals surface area contributed by atoms with Crippen molar-refractivity contribution in [3.8, 4) is 17.5 Å². The van der Waals surface area contributed by atoms with E-state index >= 15 is 0 Å². The number of ether oxygens (including phenoxy) is 1. The lowest BCUT2D eigenvalue weighted by atomic mass is 10.1. The van der Waals surface area contributed by atoms with Crippen LogP contribution in [0.5, 0.6) is 0 Å². The number of aromatic nitrogens is 5. The number of hydrogen-bond donors (Lipinski definition) is 3. The van der Waals surface area contributed by atoms with E-state index in [0.717, 1.165) is 12.3 Å². The lowest BCUT2D eigenvalue weighted by Crippen LogP contribution is -2.26. The van der Waals surface area contributed by atoms with Crippen LogP contribution < -0.4 is 10.6 Å². The predicted molar refractivity (Wildman–Crippen MR) is 118 cm³/mol. The minimum Gasteiger partial charge on any atom is -0.351 e. The maximum absolute atomic E-state index is 13.9. The van der Waals surface area contributed by atoms with Crippen LogP contribution in [-0.2, 0) is 16.6 Å². The zero-order valence-corrected chi connectivity index (χ0v) is 19.2. The van der Waals surface area contributed by atoms with Gasteiger partial charge < -0.3 is 20.5 Å². The normalized spacial score (nSPS) is 15.7.